The Balaban J connectivity index is 1.33. The predicted molar refractivity (Wildman–Crippen MR) is 133 cm³/mol. The van der Waals surface area contributed by atoms with Crippen LogP contribution in [0.25, 0.3) is 0 Å². The standard InChI is InChI=1S/C26H33BrN4O2/c1-18-5-8-23-19(14-18)6-7-20-15-21(27)16-28-24(20)25(23)30-10-12-31(13-11-30)26(32)33-22-4-3-9-29(2)17-22/h5,8,14-16,22,25H,3-4,6-7,9-13,17H2,1-2H3. The predicted octanol–water partition coefficient (Wildman–Crippen LogP) is 4.19. The number of rotatable bonds is 2. The monoisotopic (exact) mass is 512 g/mol. The maximum atomic E-state index is 12.8. The average molecular weight is 513 g/mol. The second-order valence-corrected chi connectivity index (χ2v) is 10.7. The van der Waals surface area contributed by atoms with Gasteiger partial charge in [0.25, 0.3) is 0 Å². The van der Waals surface area contributed by atoms with E-state index in [-0.39, 0.29) is 18.2 Å². The van der Waals surface area contributed by atoms with E-state index in [0.717, 1.165) is 62.0 Å². The van der Waals surface area contributed by atoms with Crippen LogP contribution in [0.15, 0.2) is 34.9 Å². The third kappa shape index (κ3) is 4.96. The molecule has 1 aromatic carbocycles. The first-order chi connectivity index (χ1) is 16.0. The van der Waals surface area contributed by atoms with Gasteiger partial charge < -0.3 is 14.5 Å². The average Bonchev–Trinajstić information content (AvgIpc) is 2.95. The Hall–Kier alpha value is -1.96. The van der Waals surface area contributed by atoms with E-state index in [1.54, 1.807) is 0 Å². The van der Waals surface area contributed by atoms with Gasteiger partial charge in [-0.25, -0.2) is 4.79 Å². The number of fused-ring (bicyclic) bond motifs is 2. The van der Waals surface area contributed by atoms with Gasteiger partial charge in [-0.3, -0.25) is 9.88 Å². The lowest BCUT2D eigenvalue weighted by molar-refractivity contribution is 0.0159. The fourth-order valence-electron chi connectivity index (χ4n) is 5.54. The molecule has 3 heterocycles. The highest BCUT2D eigenvalue weighted by Gasteiger charge is 2.34. The van der Waals surface area contributed by atoms with Crippen LogP contribution >= 0.6 is 15.9 Å². The summed E-state index contributed by atoms with van der Waals surface area (Å²) < 4.78 is 6.88. The van der Waals surface area contributed by atoms with Crippen molar-refractivity contribution in [2.45, 2.75) is 44.8 Å². The molecule has 2 atom stereocenters. The van der Waals surface area contributed by atoms with Gasteiger partial charge in [0.15, 0.2) is 0 Å². The summed E-state index contributed by atoms with van der Waals surface area (Å²) in [6.07, 6.45) is 5.85. The normalized spacial score (nSPS) is 24.0. The first kappa shape index (κ1) is 22.8. The minimum Gasteiger partial charge on any atom is -0.445 e. The van der Waals surface area contributed by atoms with Crippen molar-refractivity contribution in [3.05, 3.63) is 62.9 Å². The first-order valence-electron chi connectivity index (χ1n) is 12.1. The van der Waals surface area contributed by atoms with Gasteiger partial charge >= 0.3 is 6.09 Å². The molecule has 2 aromatic rings. The zero-order chi connectivity index (χ0) is 22.9. The summed E-state index contributed by atoms with van der Waals surface area (Å²) >= 11 is 3.61. The molecule has 1 amide bonds. The lowest BCUT2D eigenvalue weighted by Gasteiger charge is -2.40. The summed E-state index contributed by atoms with van der Waals surface area (Å²) in [5.74, 6) is 0. The molecule has 0 bridgehead atoms. The molecule has 2 saturated heterocycles. The zero-order valence-corrected chi connectivity index (χ0v) is 21.2. The van der Waals surface area contributed by atoms with Crippen molar-refractivity contribution in [3.8, 4) is 0 Å². The molecular formula is C26H33BrN4O2. The highest BCUT2D eigenvalue weighted by atomic mass is 79.9. The van der Waals surface area contributed by atoms with Crippen molar-refractivity contribution in [2.24, 2.45) is 0 Å². The summed E-state index contributed by atoms with van der Waals surface area (Å²) in [5.41, 5.74) is 6.54. The number of halogens is 1. The molecule has 33 heavy (non-hydrogen) atoms. The van der Waals surface area contributed by atoms with Gasteiger partial charge in [-0.2, -0.15) is 0 Å². The Bertz CT molecular complexity index is 968. The molecule has 7 heteroatoms. The van der Waals surface area contributed by atoms with Crippen LogP contribution < -0.4 is 0 Å². The van der Waals surface area contributed by atoms with Gasteiger partial charge in [0.1, 0.15) is 6.10 Å². The summed E-state index contributed by atoms with van der Waals surface area (Å²) in [4.78, 5) is 24.4. The smallest absolute Gasteiger partial charge is 0.410 e. The third-order valence-corrected chi connectivity index (χ3v) is 7.70. The van der Waals surface area contributed by atoms with Crippen LogP contribution in [-0.4, -0.2) is 78.2 Å². The number of hydrogen-bond donors (Lipinski definition) is 0. The lowest BCUT2D eigenvalue weighted by atomic mass is 9.94. The number of piperidine rings is 1. The lowest BCUT2D eigenvalue weighted by Crippen LogP contribution is -2.51. The number of ether oxygens (including phenoxy) is 1. The van der Waals surface area contributed by atoms with Crippen LogP contribution in [0.3, 0.4) is 0 Å². The molecule has 3 aliphatic rings. The molecule has 1 aliphatic carbocycles. The fraction of sp³-hybridized carbons (Fsp3) is 0.538. The molecule has 0 saturated carbocycles. The number of likely N-dealkylation sites (tertiary alicyclic amines) is 1. The zero-order valence-electron chi connectivity index (χ0n) is 19.6. The van der Waals surface area contributed by atoms with Crippen LogP contribution in [0, 0.1) is 6.92 Å². The van der Waals surface area contributed by atoms with Crippen LogP contribution in [0.5, 0.6) is 0 Å². The van der Waals surface area contributed by atoms with E-state index in [1.165, 1.54) is 22.3 Å². The molecule has 176 valence electrons. The Labute approximate surface area is 205 Å². The maximum Gasteiger partial charge on any atom is 0.410 e. The number of piperazine rings is 1. The van der Waals surface area contributed by atoms with E-state index in [1.807, 2.05) is 11.1 Å². The van der Waals surface area contributed by atoms with Crippen LogP contribution in [-0.2, 0) is 17.6 Å². The number of pyridine rings is 1. The van der Waals surface area contributed by atoms with E-state index >= 15 is 0 Å². The SMILES string of the molecule is Cc1ccc2c(c1)CCc1cc(Br)cnc1C2N1CCN(C(=O)OC2CCCN(C)C2)CC1. The quantitative estimate of drug-likeness (QED) is 0.603. The highest BCUT2D eigenvalue weighted by molar-refractivity contribution is 9.10. The number of aryl methyl sites for hydroxylation is 3. The number of aromatic nitrogens is 1. The highest BCUT2D eigenvalue weighted by Crippen LogP contribution is 2.37. The van der Waals surface area contributed by atoms with E-state index in [0.29, 0.717) is 13.1 Å². The second-order valence-electron chi connectivity index (χ2n) is 9.74. The van der Waals surface area contributed by atoms with Crippen molar-refractivity contribution in [1.29, 1.82) is 0 Å². The van der Waals surface area contributed by atoms with Crippen LogP contribution in [0.2, 0.25) is 0 Å². The van der Waals surface area contributed by atoms with Crippen molar-refractivity contribution in [1.82, 2.24) is 19.7 Å². The number of likely N-dealkylation sites (N-methyl/N-ethyl adjacent to an activating group) is 1. The summed E-state index contributed by atoms with van der Waals surface area (Å²) in [6, 6.07) is 9.18. The van der Waals surface area contributed by atoms with E-state index in [2.05, 4.69) is 64.0 Å². The van der Waals surface area contributed by atoms with Gasteiger partial charge in [0, 0.05) is 43.4 Å². The molecule has 2 aliphatic heterocycles. The third-order valence-electron chi connectivity index (χ3n) is 7.27. The summed E-state index contributed by atoms with van der Waals surface area (Å²) in [5, 5.41) is 0. The molecule has 2 fully saturated rings. The minimum absolute atomic E-state index is 0.0146. The molecule has 5 rings (SSSR count). The molecule has 1 aromatic heterocycles. The molecule has 0 radical (unpaired) electrons. The number of benzene rings is 1. The van der Waals surface area contributed by atoms with Gasteiger partial charge in [-0.05, 0) is 84.9 Å². The van der Waals surface area contributed by atoms with Crippen LogP contribution in [0.1, 0.15) is 46.8 Å². The maximum absolute atomic E-state index is 12.8. The molecule has 0 N–H and O–H groups in total. The van der Waals surface area contributed by atoms with Gasteiger partial charge in [0.05, 0.1) is 11.7 Å². The largest absolute Gasteiger partial charge is 0.445 e. The van der Waals surface area contributed by atoms with Crippen LogP contribution in [0.4, 0.5) is 4.79 Å². The van der Waals surface area contributed by atoms with E-state index in [4.69, 9.17) is 9.72 Å². The summed E-state index contributed by atoms with van der Waals surface area (Å²) in [7, 11) is 2.09. The number of carbonyl (C=O) groups is 1. The molecule has 6 nitrogen and oxygen atoms in total. The number of carbonyl (C=O) groups excluding carboxylic acids is 1. The Kier molecular flexibility index (Phi) is 6.72. The van der Waals surface area contributed by atoms with Crippen molar-refractivity contribution >= 4 is 22.0 Å². The second kappa shape index (κ2) is 9.72. The number of hydrogen-bond acceptors (Lipinski definition) is 5. The van der Waals surface area contributed by atoms with Crippen molar-refractivity contribution in [2.75, 3.05) is 46.3 Å². The first-order valence-corrected chi connectivity index (χ1v) is 12.9. The number of nitrogens with zero attached hydrogens (tertiary/aromatic N) is 4. The molecule has 0 spiro atoms. The molecular weight excluding hydrogens is 480 g/mol. The van der Waals surface area contributed by atoms with Crippen molar-refractivity contribution in [3.63, 3.8) is 0 Å². The molecule has 2 unspecified atom stereocenters. The van der Waals surface area contributed by atoms with Gasteiger partial charge in [-0.15, -0.1) is 0 Å². The Morgan fingerprint density at radius 2 is 1.88 bits per heavy atom. The Morgan fingerprint density at radius 3 is 2.67 bits per heavy atom. The Morgan fingerprint density at radius 1 is 1.09 bits per heavy atom. The fourth-order valence-corrected chi connectivity index (χ4v) is 5.92. The van der Waals surface area contributed by atoms with E-state index in [9.17, 15) is 4.79 Å². The topological polar surface area (TPSA) is 48.9 Å². The van der Waals surface area contributed by atoms with Crippen molar-refractivity contribution < 1.29 is 9.53 Å². The number of amides is 1. The minimum atomic E-state index is -0.158. The van der Waals surface area contributed by atoms with E-state index < -0.39 is 0 Å². The summed E-state index contributed by atoms with van der Waals surface area (Å²) in [6.45, 7) is 7.08. The van der Waals surface area contributed by atoms with Gasteiger partial charge in [0.2, 0.25) is 0 Å². The van der Waals surface area contributed by atoms with Gasteiger partial charge in [-0.1, -0.05) is 23.8 Å².